The molecule has 0 radical (unpaired) electrons. The molecule has 0 saturated carbocycles. The van der Waals surface area contributed by atoms with Crippen LogP contribution in [0.3, 0.4) is 0 Å². The summed E-state index contributed by atoms with van der Waals surface area (Å²) in [4.78, 5) is 12.3. The average Bonchev–Trinajstić information content (AvgIpc) is 2.54. The Morgan fingerprint density at radius 1 is 1.17 bits per heavy atom. The number of nitrogens with one attached hydrogen (secondary N) is 2. The van der Waals surface area contributed by atoms with Crippen LogP contribution in [0.4, 0.5) is 5.69 Å². The van der Waals surface area contributed by atoms with Crippen LogP contribution >= 0.6 is 0 Å². The fraction of sp³-hybridized carbons (Fsp3) is 0.611. The summed E-state index contributed by atoms with van der Waals surface area (Å²) in [6, 6.07) is 6.61. The highest BCUT2D eigenvalue weighted by Gasteiger charge is 2.12. The highest BCUT2D eigenvalue weighted by atomic mass is 32.2. The van der Waals surface area contributed by atoms with E-state index in [4.69, 9.17) is 0 Å². The van der Waals surface area contributed by atoms with Crippen LogP contribution in [0.2, 0.25) is 0 Å². The number of amides is 1. The third kappa shape index (κ3) is 7.34. The summed E-state index contributed by atoms with van der Waals surface area (Å²) in [5, 5.41) is 2.96. The van der Waals surface area contributed by atoms with Crippen molar-refractivity contribution < 1.29 is 13.2 Å². The van der Waals surface area contributed by atoms with Gasteiger partial charge in [0.2, 0.25) is 10.0 Å². The van der Waals surface area contributed by atoms with E-state index in [0.717, 1.165) is 19.3 Å². The number of hydrogen-bond donors (Lipinski definition) is 2. The minimum absolute atomic E-state index is 0.0685. The fourth-order valence-electron chi connectivity index (χ4n) is 2.51. The Balaban J connectivity index is 2.66. The predicted molar refractivity (Wildman–Crippen MR) is 99.8 cm³/mol. The maximum Gasteiger partial charge on any atom is 0.251 e. The Kier molecular flexibility index (Phi) is 8.82. The van der Waals surface area contributed by atoms with Crippen molar-refractivity contribution in [1.29, 1.82) is 0 Å². The highest BCUT2D eigenvalue weighted by Crippen LogP contribution is 2.14. The Morgan fingerprint density at radius 2 is 1.92 bits per heavy atom. The van der Waals surface area contributed by atoms with Crippen molar-refractivity contribution in [1.82, 2.24) is 5.32 Å². The maximum atomic E-state index is 12.3. The van der Waals surface area contributed by atoms with Gasteiger partial charge in [0.25, 0.3) is 5.91 Å². The first kappa shape index (κ1) is 20.5. The molecule has 1 aromatic carbocycles. The zero-order valence-corrected chi connectivity index (χ0v) is 15.8. The molecule has 5 nitrogen and oxygen atoms in total. The number of hydrogen-bond acceptors (Lipinski definition) is 3. The first-order valence-electron chi connectivity index (χ1n) is 8.80. The van der Waals surface area contributed by atoms with Crippen molar-refractivity contribution >= 4 is 21.6 Å². The minimum Gasteiger partial charge on any atom is -0.352 e. The van der Waals surface area contributed by atoms with Gasteiger partial charge in [-0.3, -0.25) is 9.52 Å². The number of benzene rings is 1. The van der Waals surface area contributed by atoms with E-state index in [0.29, 0.717) is 30.1 Å². The van der Waals surface area contributed by atoms with Gasteiger partial charge in [0.15, 0.2) is 0 Å². The van der Waals surface area contributed by atoms with E-state index in [1.165, 1.54) is 6.42 Å². The second kappa shape index (κ2) is 10.3. The van der Waals surface area contributed by atoms with E-state index in [9.17, 15) is 13.2 Å². The smallest absolute Gasteiger partial charge is 0.251 e. The monoisotopic (exact) mass is 354 g/mol. The summed E-state index contributed by atoms with van der Waals surface area (Å²) < 4.78 is 26.2. The molecule has 0 aliphatic rings. The van der Waals surface area contributed by atoms with Crippen LogP contribution in [0.15, 0.2) is 24.3 Å². The van der Waals surface area contributed by atoms with Crippen molar-refractivity contribution in [3.63, 3.8) is 0 Å². The molecule has 0 aliphatic carbocycles. The quantitative estimate of drug-likeness (QED) is 0.635. The summed E-state index contributed by atoms with van der Waals surface area (Å²) in [5.41, 5.74) is 0.895. The van der Waals surface area contributed by atoms with E-state index in [1.807, 2.05) is 6.92 Å². The lowest BCUT2D eigenvalue weighted by molar-refractivity contribution is 0.0946. The second-order valence-electron chi connectivity index (χ2n) is 6.13. The topological polar surface area (TPSA) is 75.3 Å². The molecule has 136 valence electrons. The third-order valence-corrected chi connectivity index (χ3v) is 5.46. The van der Waals surface area contributed by atoms with Gasteiger partial charge in [-0.1, -0.05) is 46.1 Å². The molecule has 2 N–H and O–H groups in total. The molecular weight excluding hydrogens is 324 g/mol. The number of rotatable bonds is 11. The van der Waals surface area contributed by atoms with Crippen LogP contribution in [0, 0.1) is 5.92 Å². The molecule has 0 fully saturated rings. The number of unbranched alkanes of at least 4 members (excludes halogenated alkanes) is 1. The molecule has 0 aromatic heterocycles. The number of sulfonamides is 1. The molecular formula is C18H30N2O3S. The lowest BCUT2D eigenvalue weighted by atomic mass is 9.99. The van der Waals surface area contributed by atoms with Crippen LogP contribution in [-0.4, -0.2) is 26.6 Å². The highest BCUT2D eigenvalue weighted by molar-refractivity contribution is 7.92. The normalized spacial score (nSPS) is 12.6. The summed E-state index contributed by atoms with van der Waals surface area (Å²) in [6.45, 7) is 6.76. The van der Waals surface area contributed by atoms with Gasteiger partial charge in [-0.2, -0.15) is 0 Å². The van der Waals surface area contributed by atoms with Crippen LogP contribution in [0.5, 0.6) is 0 Å². The van der Waals surface area contributed by atoms with E-state index >= 15 is 0 Å². The largest absolute Gasteiger partial charge is 0.352 e. The van der Waals surface area contributed by atoms with Gasteiger partial charge >= 0.3 is 0 Å². The van der Waals surface area contributed by atoms with Gasteiger partial charge in [-0.25, -0.2) is 8.42 Å². The molecule has 1 atom stereocenters. The Labute approximate surface area is 146 Å². The third-order valence-electron chi connectivity index (χ3n) is 3.97. The molecule has 0 spiro atoms. The van der Waals surface area contributed by atoms with Crippen molar-refractivity contribution in [3.8, 4) is 0 Å². The predicted octanol–water partition coefficient (Wildman–Crippen LogP) is 3.78. The zero-order valence-electron chi connectivity index (χ0n) is 15.0. The molecule has 0 bridgehead atoms. The summed E-state index contributed by atoms with van der Waals surface area (Å²) in [5.74, 6) is 0.389. The number of anilines is 1. The van der Waals surface area contributed by atoms with E-state index in [2.05, 4.69) is 23.9 Å². The Morgan fingerprint density at radius 3 is 2.54 bits per heavy atom. The van der Waals surface area contributed by atoms with Gasteiger partial charge in [0.1, 0.15) is 0 Å². The van der Waals surface area contributed by atoms with E-state index in [-0.39, 0.29) is 11.7 Å². The van der Waals surface area contributed by atoms with Crippen LogP contribution in [0.1, 0.15) is 63.2 Å². The molecule has 24 heavy (non-hydrogen) atoms. The molecule has 0 heterocycles. The second-order valence-corrected chi connectivity index (χ2v) is 7.97. The first-order chi connectivity index (χ1) is 11.4. The van der Waals surface area contributed by atoms with Gasteiger partial charge in [0, 0.05) is 17.8 Å². The fourth-order valence-corrected chi connectivity index (χ4v) is 3.63. The molecule has 1 unspecified atom stereocenters. The lowest BCUT2D eigenvalue weighted by Crippen LogP contribution is -2.29. The molecule has 1 rings (SSSR count). The van der Waals surface area contributed by atoms with Crippen LogP contribution in [-0.2, 0) is 10.0 Å². The molecule has 0 aliphatic heterocycles. The number of carbonyl (C=O) groups is 1. The van der Waals surface area contributed by atoms with Crippen molar-refractivity contribution in [3.05, 3.63) is 29.8 Å². The Hall–Kier alpha value is -1.56. The van der Waals surface area contributed by atoms with Gasteiger partial charge in [-0.15, -0.1) is 0 Å². The molecule has 0 saturated heterocycles. The van der Waals surface area contributed by atoms with Crippen LogP contribution in [0.25, 0.3) is 0 Å². The average molecular weight is 355 g/mol. The van der Waals surface area contributed by atoms with E-state index in [1.54, 1.807) is 24.3 Å². The first-order valence-corrected chi connectivity index (χ1v) is 10.5. The molecule has 6 heteroatoms. The zero-order chi connectivity index (χ0) is 18.0. The minimum atomic E-state index is -3.35. The Bertz CT molecular complexity index is 614. The van der Waals surface area contributed by atoms with Crippen LogP contribution < -0.4 is 10.0 Å². The van der Waals surface area contributed by atoms with E-state index < -0.39 is 10.0 Å². The summed E-state index contributed by atoms with van der Waals surface area (Å²) in [7, 11) is -3.35. The molecule has 1 amide bonds. The van der Waals surface area contributed by atoms with Crippen molar-refractivity contribution in [2.24, 2.45) is 5.92 Å². The number of carbonyl (C=O) groups excluding carboxylic acids is 1. The lowest BCUT2D eigenvalue weighted by Gasteiger charge is -2.15. The standard InChI is InChI=1S/C18H30N2O3S/c1-4-7-9-15(6-3)14-19-18(21)16-10-8-11-17(13-16)20-24(22,23)12-5-2/h8,10-11,13,15,20H,4-7,9,12,14H2,1-3H3,(H,19,21). The van der Waals surface area contributed by atoms with Gasteiger partial charge < -0.3 is 5.32 Å². The van der Waals surface area contributed by atoms with Crippen molar-refractivity contribution in [2.45, 2.75) is 52.9 Å². The van der Waals surface area contributed by atoms with Gasteiger partial charge in [-0.05, 0) is 37.0 Å². The summed E-state index contributed by atoms with van der Waals surface area (Å²) >= 11 is 0. The molecule has 1 aromatic rings. The van der Waals surface area contributed by atoms with Gasteiger partial charge in [0.05, 0.1) is 5.75 Å². The SMILES string of the molecule is CCCCC(CC)CNC(=O)c1cccc(NS(=O)(=O)CCC)c1. The maximum absolute atomic E-state index is 12.3. The summed E-state index contributed by atoms with van der Waals surface area (Å²) in [6.07, 6.45) is 5.03. The van der Waals surface area contributed by atoms with Crippen molar-refractivity contribution in [2.75, 3.05) is 17.0 Å².